The Balaban J connectivity index is 1.47. The number of benzene rings is 2. The van der Waals surface area contributed by atoms with Crippen LogP contribution >= 0.6 is 0 Å². The molecular weight excluding hydrogens is 436 g/mol. The van der Waals surface area contributed by atoms with E-state index in [-0.39, 0.29) is 11.5 Å². The van der Waals surface area contributed by atoms with E-state index in [1.54, 1.807) is 30.3 Å². The molecule has 0 amide bonds. The van der Waals surface area contributed by atoms with Crippen molar-refractivity contribution in [2.45, 2.75) is 32.6 Å². The highest BCUT2D eigenvalue weighted by Crippen LogP contribution is 2.32. The Morgan fingerprint density at radius 2 is 1.88 bits per heavy atom. The summed E-state index contributed by atoms with van der Waals surface area (Å²) in [6.07, 6.45) is 3.33. The van der Waals surface area contributed by atoms with E-state index in [9.17, 15) is 14.9 Å². The van der Waals surface area contributed by atoms with Gasteiger partial charge in [-0.1, -0.05) is 13.3 Å². The number of furan rings is 1. The maximum atomic E-state index is 13.4. The minimum atomic E-state index is -0.461. The van der Waals surface area contributed by atoms with Gasteiger partial charge in [-0.25, -0.2) is 0 Å². The fraction of sp³-hybridized carbons (Fsp3) is 0.423. The van der Waals surface area contributed by atoms with Gasteiger partial charge in [-0.3, -0.25) is 19.8 Å². The molecule has 1 aromatic heterocycles. The largest absolute Gasteiger partial charge is 0.494 e. The molecule has 0 spiro atoms. The Labute approximate surface area is 198 Å². The van der Waals surface area contributed by atoms with Crippen molar-refractivity contribution in [3.63, 3.8) is 0 Å². The molecule has 0 radical (unpaired) electrons. The van der Waals surface area contributed by atoms with Crippen LogP contribution in [0.1, 0.15) is 47.9 Å². The number of nitro benzene ring substituents is 1. The Hall–Kier alpha value is -3.23. The average molecular weight is 467 g/mol. The van der Waals surface area contributed by atoms with Gasteiger partial charge in [0.15, 0.2) is 5.78 Å². The van der Waals surface area contributed by atoms with Crippen LogP contribution < -0.4 is 4.74 Å². The summed E-state index contributed by atoms with van der Waals surface area (Å²) in [6, 6.07) is 11.4. The molecule has 1 saturated heterocycles. The van der Waals surface area contributed by atoms with Crippen LogP contribution in [0, 0.1) is 10.1 Å². The van der Waals surface area contributed by atoms with Gasteiger partial charge in [-0.2, -0.15) is 0 Å². The number of unbranched alkanes of at least 4 members (excludes halogenated alkanes) is 1. The van der Waals surface area contributed by atoms with Crippen molar-refractivity contribution >= 4 is 22.4 Å². The van der Waals surface area contributed by atoms with Crippen LogP contribution in [0.5, 0.6) is 5.75 Å². The van der Waals surface area contributed by atoms with Gasteiger partial charge in [0.05, 0.1) is 30.3 Å². The van der Waals surface area contributed by atoms with Crippen LogP contribution in [-0.4, -0.2) is 55.1 Å². The van der Waals surface area contributed by atoms with E-state index in [0.717, 1.165) is 52.1 Å². The molecule has 0 atom stereocenters. The second kappa shape index (κ2) is 11.3. The molecule has 0 N–H and O–H groups in total. The predicted octanol–water partition coefficient (Wildman–Crippen LogP) is 5.02. The molecule has 8 heteroatoms. The standard InChI is InChI=1S/C26H30N2O6/c1-2-3-5-24-25(22-18-20(28(30)31)8-11-23(22)34-24)26(29)19-6-9-21(10-7-19)33-15-4-12-27-13-16-32-17-14-27/h6-11,18H,2-5,12-17H2,1H3. The number of fused-ring (bicyclic) bond motifs is 1. The van der Waals surface area contributed by atoms with Crippen LogP contribution in [0.25, 0.3) is 11.0 Å². The van der Waals surface area contributed by atoms with Crippen molar-refractivity contribution in [3.05, 3.63) is 69.5 Å². The number of nitrogens with zero attached hydrogens (tertiary/aromatic N) is 2. The van der Waals surface area contributed by atoms with Gasteiger partial charge in [0.25, 0.3) is 5.69 Å². The first kappa shape index (κ1) is 23.9. The summed E-state index contributed by atoms with van der Waals surface area (Å²) in [7, 11) is 0. The first-order valence-corrected chi connectivity index (χ1v) is 11.8. The molecule has 34 heavy (non-hydrogen) atoms. The van der Waals surface area contributed by atoms with Crippen molar-refractivity contribution in [2.24, 2.45) is 0 Å². The Bertz CT molecular complexity index is 1130. The summed E-state index contributed by atoms with van der Waals surface area (Å²) in [6.45, 7) is 7.13. The van der Waals surface area contributed by atoms with E-state index in [1.807, 2.05) is 0 Å². The van der Waals surface area contributed by atoms with Gasteiger partial charge in [0.2, 0.25) is 0 Å². The summed E-state index contributed by atoms with van der Waals surface area (Å²) >= 11 is 0. The number of carbonyl (C=O) groups excluding carboxylic acids is 1. The topological polar surface area (TPSA) is 95.0 Å². The maximum absolute atomic E-state index is 13.4. The lowest BCUT2D eigenvalue weighted by atomic mass is 9.98. The van der Waals surface area contributed by atoms with Gasteiger partial charge in [-0.15, -0.1) is 0 Å². The number of hydrogen-bond donors (Lipinski definition) is 0. The van der Waals surface area contributed by atoms with Crippen LogP contribution in [0.15, 0.2) is 46.9 Å². The van der Waals surface area contributed by atoms with Gasteiger partial charge >= 0.3 is 0 Å². The fourth-order valence-electron chi connectivity index (χ4n) is 4.16. The first-order chi connectivity index (χ1) is 16.6. The smallest absolute Gasteiger partial charge is 0.270 e. The number of carbonyl (C=O) groups is 1. The lowest BCUT2D eigenvalue weighted by Gasteiger charge is -2.26. The van der Waals surface area contributed by atoms with Gasteiger partial charge in [-0.05, 0) is 43.2 Å². The molecular formula is C26H30N2O6. The van der Waals surface area contributed by atoms with Gasteiger partial charge < -0.3 is 13.9 Å². The third-order valence-corrected chi connectivity index (χ3v) is 6.05. The Kier molecular flexibility index (Phi) is 7.92. The van der Waals surface area contributed by atoms with E-state index >= 15 is 0 Å². The Morgan fingerprint density at radius 3 is 2.59 bits per heavy atom. The second-order valence-corrected chi connectivity index (χ2v) is 8.45. The van der Waals surface area contributed by atoms with E-state index in [2.05, 4.69) is 11.8 Å². The molecule has 180 valence electrons. The van der Waals surface area contributed by atoms with Crippen LogP contribution in [-0.2, 0) is 11.2 Å². The zero-order chi connectivity index (χ0) is 23.9. The number of non-ortho nitro benzene ring substituents is 1. The van der Waals surface area contributed by atoms with E-state index in [1.165, 1.54) is 12.1 Å². The summed E-state index contributed by atoms with van der Waals surface area (Å²) in [5.41, 5.74) is 1.32. The molecule has 0 aliphatic carbocycles. The first-order valence-electron chi connectivity index (χ1n) is 11.8. The monoisotopic (exact) mass is 466 g/mol. The van der Waals surface area contributed by atoms with Crippen LogP contribution in [0.4, 0.5) is 5.69 Å². The van der Waals surface area contributed by atoms with Crippen LogP contribution in [0.3, 0.4) is 0 Å². The van der Waals surface area contributed by atoms with Crippen molar-refractivity contribution < 1.29 is 23.6 Å². The normalized spacial score (nSPS) is 14.4. The lowest BCUT2D eigenvalue weighted by molar-refractivity contribution is -0.384. The molecule has 1 aliphatic heterocycles. The number of aryl methyl sites for hydroxylation is 1. The minimum Gasteiger partial charge on any atom is -0.494 e. The molecule has 1 fully saturated rings. The fourth-order valence-corrected chi connectivity index (χ4v) is 4.16. The summed E-state index contributed by atoms with van der Waals surface area (Å²) in [5.74, 6) is 1.08. The molecule has 0 bridgehead atoms. The van der Waals surface area contributed by atoms with Crippen LogP contribution in [0.2, 0.25) is 0 Å². The number of nitro groups is 1. The zero-order valence-corrected chi connectivity index (χ0v) is 19.5. The number of morpholine rings is 1. The highest BCUT2D eigenvalue weighted by molar-refractivity contribution is 6.17. The molecule has 2 heterocycles. The SMILES string of the molecule is CCCCc1oc2ccc([N+](=O)[O-])cc2c1C(=O)c1ccc(OCCCN2CCOCC2)cc1. The summed E-state index contributed by atoms with van der Waals surface area (Å²) in [4.78, 5) is 26.6. The lowest BCUT2D eigenvalue weighted by Crippen LogP contribution is -2.37. The molecule has 1 aliphatic rings. The molecule has 0 unspecified atom stereocenters. The predicted molar refractivity (Wildman–Crippen MR) is 129 cm³/mol. The van der Waals surface area contributed by atoms with Crippen molar-refractivity contribution in [3.8, 4) is 5.75 Å². The average Bonchev–Trinajstić information content (AvgIpc) is 3.23. The van der Waals surface area contributed by atoms with Crippen molar-refractivity contribution in [1.29, 1.82) is 0 Å². The third kappa shape index (κ3) is 5.63. The van der Waals surface area contributed by atoms with Crippen molar-refractivity contribution in [1.82, 2.24) is 4.90 Å². The molecule has 2 aromatic carbocycles. The van der Waals surface area contributed by atoms with Gasteiger partial charge in [0, 0.05) is 49.1 Å². The Morgan fingerprint density at radius 1 is 1.12 bits per heavy atom. The number of hydrogen-bond acceptors (Lipinski definition) is 7. The van der Waals surface area contributed by atoms with E-state index in [0.29, 0.717) is 46.6 Å². The minimum absolute atomic E-state index is 0.0646. The zero-order valence-electron chi connectivity index (χ0n) is 19.5. The molecule has 0 saturated carbocycles. The summed E-state index contributed by atoms with van der Waals surface area (Å²) in [5, 5.41) is 11.8. The van der Waals surface area contributed by atoms with E-state index < -0.39 is 4.92 Å². The molecule has 4 rings (SSSR count). The number of ether oxygens (including phenoxy) is 2. The number of rotatable bonds is 11. The maximum Gasteiger partial charge on any atom is 0.270 e. The third-order valence-electron chi connectivity index (χ3n) is 6.05. The van der Waals surface area contributed by atoms with Gasteiger partial charge in [0.1, 0.15) is 17.1 Å². The highest BCUT2D eigenvalue weighted by Gasteiger charge is 2.23. The number of ketones is 1. The molecule has 8 nitrogen and oxygen atoms in total. The highest BCUT2D eigenvalue weighted by atomic mass is 16.6. The van der Waals surface area contributed by atoms with Crippen molar-refractivity contribution in [2.75, 3.05) is 39.5 Å². The van der Waals surface area contributed by atoms with E-state index in [4.69, 9.17) is 13.9 Å². The molecule has 3 aromatic rings. The summed E-state index contributed by atoms with van der Waals surface area (Å²) < 4.78 is 17.1. The second-order valence-electron chi connectivity index (χ2n) is 8.45. The quantitative estimate of drug-likeness (QED) is 0.170.